The quantitative estimate of drug-likeness (QED) is 0.532. The Labute approximate surface area is 194 Å². The van der Waals surface area contributed by atoms with Crippen LogP contribution in [0.2, 0.25) is 10.0 Å². The molecule has 0 aliphatic rings. The van der Waals surface area contributed by atoms with E-state index in [2.05, 4.69) is 20.7 Å². The number of halogens is 3. The van der Waals surface area contributed by atoms with Crippen LogP contribution >= 0.6 is 23.2 Å². The van der Waals surface area contributed by atoms with Crippen LogP contribution in [0.3, 0.4) is 0 Å². The maximum Gasteiger partial charge on any atom is 0.274 e. The molecule has 0 unspecified atom stereocenters. The number of carbonyl (C=O) groups is 2. The minimum Gasteiger partial charge on any atom is -0.347 e. The van der Waals surface area contributed by atoms with Crippen LogP contribution < -0.4 is 10.6 Å². The van der Waals surface area contributed by atoms with Gasteiger partial charge in [-0.15, -0.1) is 0 Å². The first kappa shape index (κ1) is 23.7. The third kappa shape index (κ3) is 5.26. The lowest BCUT2D eigenvalue weighted by Gasteiger charge is -2.22. The predicted octanol–water partition coefficient (Wildman–Crippen LogP) is 5.13. The Kier molecular flexibility index (Phi) is 6.85. The standard InChI is InChI=1S/C22H22Cl2FN5O2/c1-12-8-13(23)9-15(20(31)28-22(2,3)4)18(12)27-21(32)17-10-14(11-25)29-30(17)19-16(24)6-5-7-26-19/h5-10H,11H2,1-4H3,(H,27,32)(H,28,31). The SMILES string of the molecule is Cc1cc(Cl)cc(C(=O)NC(C)(C)C)c1NC(=O)c1cc(CF)nn1-c1ncccc1Cl. The van der Waals surface area contributed by atoms with Gasteiger partial charge in [0.25, 0.3) is 11.8 Å². The van der Waals surface area contributed by atoms with Gasteiger partial charge in [-0.2, -0.15) is 5.10 Å². The molecule has 0 saturated heterocycles. The molecule has 3 aromatic rings. The lowest BCUT2D eigenvalue weighted by Crippen LogP contribution is -2.41. The number of benzene rings is 1. The van der Waals surface area contributed by atoms with Crippen molar-refractivity contribution in [2.24, 2.45) is 0 Å². The first-order valence-corrected chi connectivity index (χ1v) is 10.5. The van der Waals surface area contributed by atoms with E-state index in [0.717, 1.165) is 0 Å². The van der Waals surface area contributed by atoms with Gasteiger partial charge in [0.15, 0.2) is 5.82 Å². The first-order chi connectivity index (χ1) is 15.0. The topological polar surface area (TPSA) is 88.9 Å². The molecule has 1 aromatic carbocycles. The van der Waals surface area contributed by atoms with Crippen molar-refractivity contribution in [3.05, 3.63) is 69.1 Å². The van der Waals surface area contributed by atoms with Gasteiger partial charge in [0, 0.05) is 16.8 Å². The molecule has 0 aliphatic carbocycles. The largest absolute Gasteiger partial charge is 0.347 e. The number of hydrogen-bond acceptors (Lipinski definition) is 4. The molecule has 32 heavy (non-hydrogen) atoms. The average Bonchev–Trinajstić information content (AvgIpc) is 3.13. The molecular formula is C22H22Cl2FN5O2. The van der Waals surface area contributed by atoms with Gasteiger partial charge in [0.2, 0.25) is 0 Å². The number of carbonyl (C=O) groups excluding carboxylic acids is 2. The number of rotatable bonds is 5. The van der Waals surface area contributed by atoms with Crippen LogP contribution in [0.25, 0.3) is 5.82 Å². The van der Waals surface area contributed by atoms with Crippen molar-refractivity contribution in [1.29, 1.82) is 0 Å². The van der Waals surface area contributed by atoms with Crippen molar-refractivity contribution in [2.45, 2.75) is 39.9 Å². The Morgan fingerprint density at radius 3 is 2.50 bits per heavy atom. The Morgan fingerprint density at radius 2 is 1.88 bits per heavy atom. The monoisotopic (exact) mass is 477 g/mol. The van der Waals surface area contributed by atoms with Crippen molar-refractivity contribution < 1.29 is 14.0 Å². The summed E-state index contributed by atoms with van der Waals surface area (Å²) in [5.74, 6) is -0.837. The highest BCUT2D eigenvalue weighted by Gasteiger charge is 2.24. The molecule has 0 aliphatic heterocycles. The van der Waals surface area contributed by atoms with E-state index in [1.807, 2.05) is 20.8 Å². The Hall–Kier alpha value is -2.97. The molecule has 168 valence electrons. The molecule has 0 spiro atoms. The van der Waals surface area contributed by atoms with Crippen molar-refractivity contribution in [3.8, 4) is 5.82 Å². The van der Waals surface area contributed by atoms with Gasteiger partial charge in [-0.3, -0.25) is 9.59 Å². The van der Waals surface area contributed by atoms with E-state index in [0.29, 0.717) is 10.6 Å². The highest BCUT2D eigenvalue weighted by Crippen LogP contribution is 2.28. The summed E-state index contributed by atoms with van der Waals surface area (Å²) in [6.07, 6.45) is 1.48. The van der Waals surface area contributed by atoms with E-state index in [1.165, 1.54) is 23.0 Å². The van der Waals surface area contributed by atoms with Crippen molar-refractivity contribution in [2.75, 3.05) is 5.32 Å². The van der Waals surface area contributed by atoms with E-state index < -0.39 is 24.0 Å². The maximum absolute atomic E-state index is 13.3. The second-order valence-electron chi connectivity index (χ2n) is 8.18. The smallest absolute Gasteiger partial charge is 0.274 e. The van der Waals surface area contributed by atoms with Crippen LogP contribution in [0.15, 0.2) is 36.5 Å². The molecule has 2 N–H and O–H groups in total. The first-order valence-electron chi connectivity index (χ1n) is 9.70. The number of anilines is 1. The molecule has 0 atom stereocenters. The number of hydrogen-bond donors (Lipinski definition) is 2. The summed E-state index contributed by atoms with van der Waals surface area (Å²) in [5, 5.41) is 10.3. The lowest BCUT2D eigenvalue weighted by atomic mass is 10.0. The Bertz CT molecular complexity index is 1190. The van der Waals surface area contributed by atoms with Crippen LogP contribution in [-0.4, -0.2) is 32.1 Å². The van der Waals surface area contributed by atoms with Crippen molar-refractivity contribution in [1.82, 2.24) is 20.1 Å². The zero-order valence-electron chi connectivity index (χ0n) is 18.0. The summed E-state index contributed by atoms with van der Waals surface area (Å²) >= 11 is 12.4. The van der Waals surface area contributed by atoms with E-state index in [9.17, 15) is 14.0 Å². The maximum atomic E-state index is 13.3. The van der Waals surface area contributed by atoms with E-state index in [-0.39, 0.29) is 33.5 Å². The van der Waals surface area contributed by atoms with Gasteiger partial charge in [-0.05, 0) is 63.6 Å². The fraction of sp³-hybridized carbons (Fsp3) is 0.273. The molecular weight excluding hydrogens is 456 g/mol. The van der Waals surface area contributed by atoms with Gasteiger partial charge in [0.05, 0.1) is 22.0 Å². The summed E-state index contributed by atoms with van der Waals surface area (Å²) in [6.45, 7) is 6.36. The lowest BCUT2D eigenvalue weighted by molar-refractivity contribution is 0.0920. The molecule has 0 fully saturated rings. The Morgan fingerprint density at radius 1 is 1.16 bits per heavy atom. The summed E-state index contributed by atoms with van der Waals surface area (Å²) in [6, 6.07) is 7.62. The molecule has 2 aromatic heterocycles. The van der Waals surface area contributed by atoms with Gasteiger partial charge in [0.1, 0.15) is 12.4 Å². The molecule has 10 heteroatoms. The molecule has 0 bridgehead atoms. The zero-order valence-corrected chi connectivity index (χ0v) is 19.5. The molecule has 0 saturated carbocycles. The zero-order chi connectivity index (χ0) is 23.6. The minimum atomic E-state index is -0.878. The van der Waals surface area contributed by atoms with Crippen LogP contribution in [0.5, 0.6) is 0 Å². The van der Waals surface area contributed by atoms with Crippen LogP contribution in [-0.2, 0) is 6.67 Å². The third-order valence-electron chi connectivity index (χ3n) is 4.34. The highest BCUT2D eigenvalue weighted by molar-refractivity contribution is 6.32. The number of aryl methyl sites for hydroxylation is 1. The summed E-state index contributed by atoms with van der Waals surface area (Å²) in [5.41, 5.74) is 0.607. The van der Waals surface area contributed by atoms with Gasteiger partial charge in [-0.1, -0.05) is 23.2 Å². The van der Waals surface area contributed by atoms with Crippen LogP contribution in [0.1, 0.15) is 52.9 Å². The van der Waals surface area contributed by atoms with Gasteiger partial charge in [-0.25, -0.2) is 14.1 Å². The third-order valence-corrected chi connectivity index (χ3v) is 4.85. The number of amides is 2. The second-order valence-corrected chi connectivity index (χ2v) is 9.02. The number of pyridine rings is 1. The van der Waals surface area contributed by atoms with E-state index >= 15 is 0 Å². The molecule has 2 heterocycles. The molecule has 7 nitrogen and oxygen atoms in total. The van der Waals surface area contributed by atoms with Crippen LogP contribution in [0, 0.1) is 6.92 Å². The second kappa shape index (κ2) is 9.26. The number of alkyl halides is 1. The highest BCUT2D eigenvalue weighted by atomic mass is 35.5. The Balaban J connectivity index is 2.04. The van der Waals surface area contributed by atoms with Crippen LogP contribution in [0.4, 0.5) is 10.1 Å². The van der Waals surface area contributed by atoms with E-state index in [4.69, 9.17) is 23.2 Å². The molecule has 0 radical (unpaired) electrons. The summed E-state index contributed by atoms with van der Waals surface area (Å²) in [7, 11) is 0. The normalized spacial score (nSPS) is 11.3. The average molecular weight is 478 g/mol. The molecule has 3 rings (SSSR count). The number of nitrogens with zero attached hydrogens (tertiary/aromatic N) is 3. The predicted molar refractivity (Wildman–Crippen MR) is 123 cm³/mol. The summed E-state index contributed by atoms with van der Waals surface area (Å²) in [4.78, 5) is 30.2. The summed E-state index contributed by atoms with van der Waals surface area (Å²) < 4.78 is 14.5. The molecule has 2 amide bonds. The fourth-order valence-electron chi connectivity index (χ4n) is 3.03. The van der Waals surface area contributed by atoms with Crippen molar-refractivity contribution >= 4 is 40.7 Å². The number of aromatic nitrogens is 3. The van der Waals surface area contributed by atoms with Gasteiger partial charge < -0.3 is 10.6 Å². The van der Waals surface area contributed by atoms with Crippen molar-refractivity contribution in [3.63, 3.8) is 0 Å². The number of nitrogens with one attached hydrogen (secondary N) is 2. The van der Waals surface area contributed by atoms with E-state index in [1.54, 1.807) is 25.1 Å². The van der Waals surface area contributed by atoms with Gasteiger partial charge >= 0.3 is 0 Å². The fourth-order valence-corrected chi connectivity index (χ4v) is 3.50. The minimum absolute atomic E-state index is 0.00906.